The van der Waals surface area contributed by atoms with Crippen LogP contribution < -0.4 is 5.73 Å². The Morgan fingerprint density at radius 1 is 1.42 bits per heavy atom. The van der Waals surface area contributed by atoms with E-state index in [1.807, 2.05) is 24.4 Å². The van der Waals surface area contributed by atoms with Gasteiger partial charge in [-0.05, 0) is 18.2 Å². The first-order valence-electron chi connectivity index (χ1n) is 3.58. The van der Waals surface area contributed by atoms with Gasteiger partial charge < -0.3 is 10.1 Å². The third kappa shape index (κ3) is 0.753. The number of fused-ring (bicyclic) bond motifs is 1. The van der Waals surface area contributed by atoms with Gasteiger partial charge in [-0.2, -0.15) is 5.26 Å². The van der Waals surface area contributed by atoms with Crippen molar-refractivity contribution in [1.29, 1.82) is 5.26 Å². The zero-order valence-electron chi connectivity index (χ0n) is 6.36. The molecule has 0 amide bonds. The molecule has 0 atom stereocenters. The Morgan fingerprint density at radius 3 is 3.00 bits per heavy atom. The molecule has 0 fully saturated rings. The summed E-state index contributed by atoms with van der Waals surface area (Å²) in [7, 11) is 0. The Labute approximate surface area is 69.6 Å². The third-order valence-corrected chi connectivity index (χ3v) is 1.82. The average molecular weight is 157 g/mol. The molecule has 2 rings (SSSR count). The van der Waals surface area contributed by atoms with Crippen molar-refractivity contribution in [3.63, 3.8) is 0 Å². The average Bonchev–Trinajstić information content (AvgIpc) is 2.40. The van der Waals surface area contributed by atoms with Crippen molar-refractivity contribution < 1.29 is 0 Å². The molecule has 0 aliphatic heterocycles. The fourth-order valence-corrected chi connectivity index (χ4v) is 1.26. The molecule has 2 aromatic rings. The van der Waals surface area contributed by atoms with E-state index in [9.17, 15) is 0 Å². The maximum Gasteiger partial charge on any atom is 0.148 e. The lowest BCUT2D eigenvalue weighted by atomic mass is 10.4. The van der Waals surface area contributed by atoms with Crippen LogP contribution in [0.15, 0.2) is 30.5 Å². The minimum absolute atomic E-state index is 0.505. The Kier molecular flexibility index (Phi) is 1.28. The number of nitrogens with zero attached hydrogens (tertiary/aromatic N) is 2. The van der Waals surface area contributed by atoms with E-state index in [0.29, 0.717) is 11.4 Å². The molecule has 2 N–H and O–H groups in total. The number of hydrogen-bond acceptors (Lipinski definition) is 2. The first-order valence-corrected chi connectivity index (χ1v) is 3.58. The molecule has 0 aliphatic carbocycles. The van der Waals surface area contributed by atoms with Gasteiger partial charge in [0, 0.05) is 11.7 Å². The van der Waals surface area contributed by atoms with E-state index in [1.54, 1.807) is 10.5 Å². The summed E-state index contributed by atoms with van der Waals surface area (Å²) in [6.07, 6.45) is 1.82. The van der Waals surface area contributed by atoms with E-state index in [4.69, 9.17) is 11.0 Å². The standard InChI is InChI=1S/C9H7N3/c10-6-9-8(11)5-7-3-1-2-4-12(7)9/h1-5H,11H2. The summed E-state index contributed by atoms with van der Waals surface area (Å²) in [5, 5.41) is 8.75. The van der Waals surface area contributed by atoms with Gasteiger partial charge in [-0.15, -0.1) is 0 Å². The fourth-order valence-electron chi connectivity index (χ4n) is 1.26. The van der Waals surface area contributed by atoms with Crippen LogP contribution in [0.5, 0.6) is 0 Å². The van der Waals surface area contributed by atoms with Crippen LogP contribution in [-0.4, -0.2) is 4.40 Å². The van der Waals surface area contributed by atoms with Crippen LogP contribution in [0.3, 0.4) is 0 Å². The molecule has 3 nitrogen and oxygen atoms in total. The van der Waals surface area contributed by atoms with Crippen LogP contribution in [0.4, 0.5) is 5.69 Å². The van der Waals surface area contributed by atoms with Gasteiger partial charge in [0.05, 0.1) is 5.69 Å². The van der Waals surface area contributed by atoms with Crippen LogP contribution in [0, 0.1) is 11.3 Å². The molecular formula is C9H7N3. The summed E-state index contributed by atoms with van der Waals surface area (Å²) >= 11 is 0. The molecule has 2 aromatic heterocycles. The van der Waals surface area contributed by atoms with Crippen molar-refractivity contribution in [1.82, 2.24) is 4.40 Å². The van der Waals surface area contributed by atoms with Gasteiger partial charge in [0.15, 0.2) is 0 Å². The van der Waals surface area contributed by atoms with E-state index in [-0.39, 0.29) is 0 Å². The molecule has 12 heavy (non-hydrogen) atoms. The molecule has 58 valence electrons. The highest BCUT2D eigenvalue weighted by atomic mass is 14.9. The number of nitriles is 1. The lowest BCUT2D eigenvalue weighted by Gasteiger charge is -1.92. The van der Waals surface area contributed by atoms with Gasteiger partial charge in [0.25, 0.3) is 0 Å². The maximum atomic E-state index is 8.75. The number of pyridine rings is 1. The molecule has 0 bridgehead atoms. The zero-order valence-corrected chi connectivity index (χ0v) is 6.36. The Morgan fingerprint density at radius 2 is 2.25 bits per heavy atom. The predicted molar refractivity (Wildman–Crippen MR) is 46.5 cm³/mol. The molecule has 2 heterocycles. The van der Waals surface area contributed by atoms with E-state index in [2.05, 4.69) is 6.07 Å². The van der Waals surface area contributed by atoms with Gasteiger partial charge in [0.1, 0.15) is 11.8 Å². The highest BCUT2D eigenvalue weighted by molar-refractivity contribution is 5.66. The molecule has 0 saturated carbocycles. The van der Waals surface area contributed by atoms with E-state index >= 15 is 0 Å². The summed E-state index contributed by atoms with van der Waals surface area (Å²) < 4.78 is 1.77. The van der Waals surface area contributed by atoms with Gasteiger partial charge in [-0.25, -0.2) is 0 Å². The second-order valence-electron chi connectivity index (χ2n) is 2.56. The first-order chi connectivity index (χ1) is 5.83. The first kappa shape index (κ1) is 6.74. The highest BCUT2D eigenvalue weighted by Gasteiger charge is 2.04. The Balaban J connectivity index is 2.93. The minimum Gasteiger partial charge on any atom is -0.396 e. The van der Waals surface area contributed by atoms with E-state index in [1.165, 1.54) is 0 Å². The summed E-state index contributed by atoms with van der Waals surface area (Å²) in [6, 6.07) is 9.54. The molecule has 0 aromatic carbocycles. The number of anilines is 1. The predicted octanol–water partition coefficient (Wildman–Crippen LogP) is 1.39. The van der Waals surface area contributed by atoms with E-state index < -0.39 is 0 Å². The van der Waals surface area contributed by atoms with Crippen LogP contribution in [-0.2, 0) is 0 Å². The summed E-state index contributed by atoms with van der Waals surface area (Å²) in [5.74, 6) is 0. The fraction of sp³-hybridized carbons (Fsp3) is 0. The van der Waals surface area contributed by atoms with Gasteiger partial charge in [0.2, 0.25) is 0 Å². The number of nitrogens with two attached hydrogens (primary N) is 1. The molecule has 0 saturated heterocycles. The topological polar surface area (TPSA) is 54.2 Å². The Bertz CT molecular complexity index is 462. The van der Waals surface area contributed by atoms with Crippen molar-refractivity contribution in [2.75, 3.05) is 5.73 Å². The van der Waals surface area contributed by atoms with Crippen molar-refractivity contribution >= 4 is 11.2 Å². The highest BCUT2D eigenvalue weighted by Crippen LogP contribution is 2.16. The third-order valence-electron chi connectivity index (χ3n) is 1.82. The molecule has 0 unspecified atom stereocenters. The lowest BCUT2D eigenvalue weighted by Crippen LogP contribution is -1.89. The van der Waals surface area contributed by atoms with Crippen molar-refractivity contribution in [3.05, 3.63) is 36.2 Å². The number of rotatable bonds is 0. The number of nitrogen functional groups attached to an aromatic ring is 1. The van der Waals surface area contributed by atoms with Gasteiger partial charge >= 0.3 is 0 Å². The van der Waals surface area contributed by atoms with Crippen molar-refractivity contribution in [2.24, 2.45) is 0 Å². The second kappa shape index (κ2) is 2.28. The summed E-state index contributed by atoms with van der Waals surface area (Å²) in [6.45, 7) is 0. The number of aromatic nitrogens is 1. The van der Waals surface area contributed by atoms with Crippen LogP contribution in [0.1, 0.15) is 5.69 Å². The normalized spacial score (nSPS) is 9.92. The molecule has 0 aliphatic rings. The smallest absolute Gasteiger partial charge is 0.148 e. The van der Waals surface area contributed by atoms with Crippen LogP contribution >= 0.6 is 0 Å². The monoisotopic (exact) mass is 157 g/mol. The van der Waals surface area contributed by atoms with E-state index in [0.717, 1.165) is 5.52 Å². The summed E-state index contributed by atoms with van der Waals surface area (Å²) in [4.78, 5) is 0. The van der Waals surface area contributed by atoms with Crippen LogP contribution in [0.25, 0.3) is 5.52 Å². The van der Waals surface area contributed by atoms with Crippen molar-refractivity contribution in [3.8, 4) is 6.07 Å². The molecule has 0 radical (unpaired) electrons. The minimum atomic E-state index is 0.505. The summed E-state index contributed by atoms with van der Waals surface area (Å²) in [5.41, 5.74) is 7.61. The maximum absolute atomic E-state index is 8.75. The Hall–Kier alpha value is -1.95. The largest absolute Gasteiger partial charge is 0.396 e. The zero-order chi connectivity index (χ0) is 8.55. The second-order valence-corrected chi connectivity index (χ2v) is 2.56. The molecule has 0 spiro atoms. The van der Waals surface area contributed by atoms with Crippen LogP contribution in [0.2, 0.25) is 0 Å². The number of hydrogen-bond donors (Lipinski definition) is 1. The van der Waals surface area contributed by atoms with Gasteiger partial charge in [-0.1, -0.05) is 6.07 Å². The SMILES string of the molecule is N#Cc1c(N)cc2ccccn12. The molecular weight excluding hydrogens is 150 g/mol. The quantitative estimate of drug-likeness (QED) is 0.628. The molecule has 3 heteroatoms. The van der Waals surface area contributed by atoms with Crippen molar-refractivity contribution in [2.45, 2.75) is 0 Å². The lowest BCUT2D eigenvalue weighted by molar-refractivity contribution is 1.16. The van der Waals surface area contributed by atoms with Gasteiger partial charge in [-0.3, -0.25) is 0 Å².